The maximum absolute atomic E-state index is 11.7. The van der Waals surface area contributed by atoms with Crippen molar-refractivity contribution in [3.63, 3.8) is 0 Å². The predicted octanol–water partition coefficient (Wildman–Crippen LogP) is 2.27. The first kappa shape index (κ1) is 15.4. The molecule has 5 nitrogen and oxygen atoms in total. The van der Waals surface area contributed by atoms with E-state index >= 15 is 0 Å². The third kappa shape index (κ3) is 3.89. The highest BCUT2D eigenvalue weighted by molar-refractivity contribution is 8.12. The summed E-state index contributed by atoms with van der Waals surface area (Å²) in [7, 11) is 4.27. The first-order valence-corrected chi connectivity index (χ1v) is 6.48. The Kier molecular flexibility index (Phi) is 5.69. The number of esters is 1. The van der Waals surface area contributed by atoms with Crippen molar-refractivity contribution in [3.8, 4) is 11.5 Å². The Morgan fingerprint density at radius 1 is 1.16 bits per heavy atom. The number of rotatable bonds is 5. The van der Waals surface area contributed by atoms with Crippen LogP contribution in [0.2, 0.25) is 0 Å². The lowest BCUT2D eigenvalue weighted by atomic mass is 10.1. The summed E-state index contributed by atoms with van der Waals surface area (Å²) in [6, 6.07) is 3.29. The Morgan fingerprint density at radius 3 is 2.32 bits per heavy atom. The van der Waals surface area contributed by atoms with Crippen molar-refractivity contribution < 1.29 is 23.8 Å². The molecule has 0 spiro atoms. The van der Waals surface area contributed by atoms with E-state index in [2.05, 4.69) is 0 Å². The normalized spacial score (nSPS) is 9.89. The minimum absolute atomic E-state index is 0.00973. The molecule has 0 fully saturated rings. The number of hydrogen-bond donors (Lipinski definition) is 0. The topological polar surface area (TPSA) is 61.8 Å². The Balaban J connectivity index is 3.26. The van der Waals surface area contributed by atoms with Crippen LogP contribution in [0.1, 0.15) is 22.8 Å². The van der Waals surface area contributed by atoms with E-state index in [-0.39, 0.29) is 10.7 Å². The Morgan fingerprint density at radius 2 is 1.84 bits per heavy atom. The summed E-state index contributed by atoms with van der Waals surface area (Å²) in [5.74, 6) is 0.811. The van der Waals surface area contributed by atoms with Gasteiger partial charge in [-0.15, -0.1) is 0 Å². The van der Waals surface area contributed by atoms with E-state index in [1.165, 1.54) is 28.3 Å². The highest BCUT2D eigenvalue weighted by Gasteiger charge is 2.19. The molecule has 0 saturated carbocycles. The lowest BCUT2D eigenvalue weighted by Gasteiger charge is -2.14. The van der Waals surface area contributed by atoms with Crippen LogP contribution in [0.3, 0.4) is 0 Å². The first-order chi connectivity index (χ1) is 9.03. The summed E-state index contributed by atoms with van der Waals surface area (Å²) in [6.45, 7) is 1.48. The highest BCUT2D eigenvalue weighted by atomic mass is 32.2. The van der Waals surface area contributed by atoms with Gasteiger partial charge >= 0.3 is 5.97 Å². The Labute approximate surface area is 116 Å². The van der Waals surface area contributed by atoms with Crippen LogP contribution in [-0.2, 0) is 15.3 Å². The van der Waals surface area contributed by atoms with Gasteiger partial charge in [0.05, 0.1) is 21.3 Å². The molecular formula is C13H16O5S. The molecule has 0 aliphatic rings. The van der Waals surface area contributed by atoms with Crippen LogP contribution < -0.4 is 9.47 Å². The van der Waals surface area contributed by atoms with Crippen LogP contribution in [0.5, 0.6) is 11.5 Å². The van der Waals surface area contributed by atoms with E-state index in [1.54, 1.807) is 12.1 Å². The van der Waals surface area contributed by atoms with Crippen molar-refractivity contribution in [1.82, 2.24) is 0 Å². The van der Waals surface area contributed by atoms with Gasteiger partial charge in [0, 0.05) is 18.2 Å². The van der Waals surface area contributed by atoms with Crippen LogP contribution in [-0.4, -0.2) is 32.4 Å². The van der Waals surface area contributed by atoms with Gasteiger partial charge in [-0.25, -0.2) is 4.79 Å². The van der Waals surface area contributed by atoms with E-state index in [4.69, 9.17) is 14.2 Å². The van der Waals surface area contributed by atoms with E-state index in [0.717, 1.165) is 11.8 Å². The van der Waals surface area contributed by atoms with Crippen LogP contribution in [0.15, 0.2) is 12.1 Å². The van der Waals surface area contributed by atoms with Crippen LogP contribution >= 0.6 is 11.8 Å². The van der Waals surface area contributed by atoms with Crippen molar-refractivity contribution >= 4 is 22.8 Å². The number of methoxy groups -OCH3 is 3. The standard InChI is InChI=1S/C13H16O5S/c1-8(14)19-7-9-5-10(16-2)6-11(12(9)17-3)13(15)18-4/h5-6H,7H2,1-4H3. The molecule has 0 amide bonds. The maximum atomic E-state index is 11.7. The number of thioether (sulfide) groups is 1. The molecule has 0 aliphatic heterocycles. The zero-order valence-corrected chi connectivity index (χ0v) is 12.1. The fourth-order valence-corrected chi connectivity index (χ4v) is 2.14. The minimum Gasteiger partial charge on any atom is -0.497 e. The van der Waals surface area contributed by atoms with Gasteiger partial charge < -0.3 is 14.2 Å². The third-order valence-electron chi connectivity index (χ3n) is 2.42. The number of benzene rings is 1. The molecule has 0 radical (unpaired) electrons. The Hall–Kier alpha value is -1.69. The van der Waals surface area contributed by atoms with E-state index in [0.29, 0.717) is 22.8 Å². The van der Waals surface area contributed by atoms with Gasteiger partial charge in [0.2, 0.25) is 0 Å². The minimum atomic E-state index is -0.509. The van der Waals surface area contributed by atoms with Gasteiger partial charge in [-0.3, -0.25) is 4.79 Å². The van der Waals surface area contributed by atoms with Crippen LogP contribution in [0.4, 0.5) is 0 Å². The highest BCUT2D eigenvalue weighted by Crippen LogP contribution is 2.32. The molecule has 1 aromatic rings. The largest absolute Gasteiger partial charge is 0.497 e. The number of carbonyl (C=O) groups excluding carboxylic acids is 2. The lowest BCUT2D eigenvalue weighted by molar-refractivity contribution is -0.109. The molecule has 6 heteroatoms. The molecule has 0 heterocycles. The fraction of sp³-hybridized carbons (Fsp3) is 0.385. The van der Waals surface area contributed by atoms with Crippen molar-refractivity contribution in [3.05, 3.63) is 23.3 Å². The molecule has 1 rings (SSSR count). The first-order valence-electron chi connectivity index (χ1n) is 5.50. The van der Waals surface area contributed by atoms with E-state index in [9.17, 15) is 9.59 Å². The quantitative estimate of drug-likeness (QED) is 0.773. The number of hydrogen-bond acceptors (Lipinski definition) is 6. The summed E-state index contributed by atoms with van der Waals surface area (Å²) in [5, 5.41) is -0.00973. The van der Waals surface area contributed by atoms with Crippen molar-refractivity contribution in [2.75, 3.05) is 21.3 Å². The van der Waals surface area contributed by atoms with Crippen molar-refractivity contribution in [2.24, 2.45) is 0 Å². The molecule has 0 aliphatic carbocycles. The second kappa shape index (κ2) is 7.04. The average Bonchev–Trinajstić information content (AvgIpc) is 2.42. The monoisotopic (exact) mass is 284 g/mol. The SMILES string of the molecule is COC(=O)c1cc(OC)cc(CSC(C)=O)c1OC. The Bertz CT molecular complexity index is 484. The van der Waals surface area contributed by atoms with Crippen LogP contribution in [0, 0.1) is 0 Å². The second-order valence-corrected chi connectivity index (χ2v) is 4.79. The molecule has 0 aromatic heterocycles. The van der Waals surface area contributed by atoms with Gasteiger partial charge in [-0.05, 0) is 12.1 Å². The molecule has 104 valence electrons. The van der Waals surface area contributed by atoms with Gasteiger partial charge in [-0.1, -0.05) is 11.8 Å². The van der Waals surface area contributed by atoms with E-state index in [1.807, 2.05) is 0 Å². The smallest absolute Gasteiger partial charge is 0.341 e. The molecule has 0 bridgehead atoms. The third-order valence-corrected chi connectivity index (χ3v) is 3.28. The lowest BCUT2D eigenvalue weighted by Crippen LogP contribution is -2.07. The molecule has 0 saturated heterocycles. The maximum Gasteiger partial charge on any atom is 0.341 e. The molecule has 0 atom stereocenters. The molecule has 19 heavy (non-hydrogen) atoms. The predicted molar refractivity (Wildman–Crippen MR) is 72.9 cm³/mol. The molecular weight excluding hydrogens is 268 g/mol. The fourth-order valence-electron chi connectivity index (χ4n) is 1.57. The van der Waals surface area contributed by atoms with Crippen LogP contribution in [0.25, 0.3) is 0 Å². The van der Waals surface area contributed by atoms with Crippen molar-refractivity contribution in [2.45, 2.75) is 12.7 Å². The second-order valence-electron chi connectivity index (χ2n) is 3.64. The summed E-state index contributed by atoms with van der Waals surface area (Å²) in [4.78, 5) is 22.8. The van der Waals surface area contributed by atoms with Crippen molar-refractivity contribution in [1.29, 1.82) is 0 Å². The van der Waals surface area contributed by atoms with Gasteiger partial charge in [0.1, 0.15) is 17.1 Å². The summed E-state index contributed by atoms with van der Waals surface area (Å²) < 4.78 is 15.1. The number of ether oxygens (including phenoxy) is 3. The number of carbonyl (C=O) groups is 2. The summed E-state index contributed by atoms with van der Waals surface area (Å²) in [6.07, 6.45) is 0. The molecule has 1 aromatic carbocycles. The molecule has 0 unspecified atom stereocenters. The van der Waals surface area contributed by atoms with Gasteiger partial charge in [0.25, 0.3) is 0 Å². The summed E-state index contributed by atoms with van der Waals surface area (Å²) in [5.41, 5.74) is 0.992. The van der Waals surface area contributed by atoms with Gasteiger partial charge in [-0.2, -0.15) is 0 Å². The van der Waals surface area contributed by atoms with E-state index < -0.39 is 5.97 Å². The van der Waals surface area contributed by atoms with Gasteiger partial charge in [0.15, 0.2) is 5.12 Å². The molecule has 0 N–H and O–H groups in total. The average molecular weight is 284 g/mol. The zero-order valence-electron chi connectivity index (χ0n) is 11.3. The zero-order chi connectivity index (χ0) is 14.4. The summed E-state index contributed by atoms with van der Waals surface area (Å²) >= 11 is 1.13.